The smallest absolute Gasteiger partial charge is 0.208 e. The number of oxazole rings is 1. The zero-order chi connectivity index (χ0) is 14.8. The Morgan fingerprint density at radius 3 is 2.29 bits per heavy atom. The van der Waals surface area contributed by atoms with Crippen molar-refractivity contribution >= 4 is 0 Å². The van der Waals surface area contributed by atoms with Crippen LogP contribution in [0, 0.1) is 13.8 Å². The first-order valence-electron chi connectivity index (χ1n) is 7.44. The molecule has 3 heterocycles. The van der Waals surface area contributed by atoms with Crippen molar-refractivity contribution in [3.8, 4) is 0 Å². The van der Waals surface area contributed by atoms with E-state index in [9.17, 15) is 0 Å². The molecule has 0 bridgehead atoms. The Morgan fingerprint density at radius 2 is 1.76 bits per heavy atom. The summed E-state index contributed by atoms with van der Waals surface area (Å²) < 4.78 is 7.75. The van der Waals surface area contributed by atoms with E-state index in [1.807, 2.05) is 33.4 Å². The summed E-state index contributed by atoms with van der Waals surface area (Å²) in [6.07, 6.45) is 3.81. The lowest BCUT2D eigenvalue weighted by Gasteiger charge is -2.33. The van der Waals surface area contributed by atoms with Crippen molar-refractivity contribution < 1.29 is 4.42 Å². The number of rotatable bonds is 4. The summed E-state index contributed by atoms with van der Waals surface area (Å²) in [4.78, 5) is 13.5. The van der Waals surface area contributed by atoms with Crippen molar-refractivity contribution in [3.63, 3.8) is 0 Å². The normalized spacial score (nSPS) is 17.5. The van der Waals surface area contributed by atoms with Gasteiger partial charge >= 0.3 is 0 Å². The van der Waals surface area contributed by atoms with Crippen LogP contribution in [0.25, 0.3) is 0 Å². The van der Waals surface area contributed by atoms with Gasteiger partial charge in [-0.1, -0.05) is 0 Å². The standard InChI is InChI=1S/C15H23N5O/c1-12-13(2)21-15(17-12)10-20-6-4-19(5-7-20)9-14-8-16-11-18(14)3/h8,11H,4-7,9-10H2,1-3H3. The van der Waals surface area contributed by atoms with E-state index >= 15 is 0 Å². The summed E-state index contributed by atoms with van der Waals surface area (Å²) in [5.74, 6) is 1.77. The van der Waals surface area contributed by atoms with E-state index in [4.69, 9.17) is 4.42 Å². The van der Waals surface area contributed by atoms with Crippen LogP contribution in [0.5, 0.6) is 0 Å². The van der Waals surface area contributed by atoms with Gasteiger partial charge in [0.05, 0.1) is 24.3 Å². The van der Waals surface area contributed by atoms with Crippen LogP contribution in [-0.4, -0.2) is 50.5 Å². The zero-order valence-corrected chi connectivity index (χ0v) is 13.0. The summed E-state index contributed by atoms with van der Waals surface area (Å²) in [5.41, 5.74) is 2.27. The van der Waals surface area contributed by atoms with Gasteiger partial charge < -0.3 is 8.98 Å². The third-order valence-corrected chi connectivity index (χ3v) is 4.20. The fourth-order valence-electron chi connectivity index (χ4n) is 2.67. The van der Waals surface area contributed by atoms with E-state index in [0.29, 0.717) is 0 Å². The molecule has 6 heteroatoms. The minimum atomic E-state index is 0.814. The first-order chi connectivity index (χ1) is 10.1. The highest BCUT2D eigenvalue weighted by molar-refractivity contribution is 5.05. The molecule has 0 saturated carbocycles. The molecular weight excluding hydrogens is 266 g/mol. The molecule has 6 nitrogen and oxygen atoms in total. The molecule has 1 aliphatic rings. The zero-order valence-electron chi connectivity index (χ0n) is 13.0. The van der Waals surface area contributed by atoms with Crippen LogP contribution in [0.3, 0.4) is 0 Å². The third-order valence-electron chi connectivity index (χ3n) is 4.20. The van der Waals surface area contributed by atoms with Gasteiger partial charge in [-0.25, -0.2) is 9.97 Å². The van der Waals surface area contributed by atoms with Crippen LogP contribution in [0.4, 0.5) is 0 Å². The maximum absolute atomic E-state index is 5.67. The lowest BCUT2D eigenvalue weighted by atomic mass is 10.3. The first-order valence-corrected chi connectivity index (χ1v) is 7.44. The average molecular weight is 289 g/mol. The van der Waals surface area contributed by atoms with E-state index < -0.39 is 0 Å². The number of piperazine rings is 1. The van der Waals surface area contributed by atoms with Crippen molar-refractivity contribution in [3.05, 3.63) is 35.6 Å². The van der Waals surface area contributed by atoms with E-state index in [-0.39, 0.29) is 0 Å². The lowest BCUT2D eigenvalue weighted by Crippen LogP contribution is -2.45. The largest absolute Gasteiger partial charge is 0.444 e. The first kappa shape index (κ1) is 14.3. The molecule has 0 aromatic carbocycles. The Bertz CT molecular complexity index is 575. The second-order valence-corrected chi connectivity index (χ2v) is 5.80. The van der Waals surface area contributed by atoms with Crippen molar-refractivity contribution in [2.24, 2.45) is 7.05 Å². The Balaban J connectivity index is 1.50. The van der Waals surface area contributed by atoms with Crippen LogP contribution in [0.1, 0.15) is 23.0 Å². The van der Waals surface area contributed by atoms with Gasteiger partial charge in [0.15, 0.2) is 0 Å². The molecule has 3 rings (SSSR count). The quantitative estimate of drug-likeness (QED) is 0.850. The molecule has 0 N–H and O–H groups in total. The predicted molar refractivity (Wildman–Crippen MR) is 79.7 cm³/mol. The van der Waals surface area contributed by atoms with E-state index in [0.717, 1.165) is 56.6 Å². The lowest BCUT2D eigenvalue weighted by molar-refractivity contribution is 0.112. The number of nitrogens with zero attached hydrogens (tertiary/aromatic N) is 5. The minimum absolute atomic E-state index is 0.814. The number of hydrogen-bond acceptors (Lipinski definition) is 5. The molecule has 1 saturated heterocycles. The van der Waals surface area contributed by atoms with Gasteiger partial charge in [-0.05, 0) is 13.8 Å². The van der Waals surface area contributed by atoms with Crippen LogP contribution in [-0.2, 0) is 20.1 Å². The van der Waals surface area contributed by atoms with Gasteiger partial charge in [0.1, 0.15) is 5.76 Å². The van der Waals surface area contributed by atoms with Crippen LogP contribution in [0.15, 0.2) is 16.9 Å². The molecule has 2 aromatic heterocycles. The topological polar surface area (TPSA) is 50.3 Å². The number of aryl methyl sites for hydroxylation is 3. The Hall–Kier alpha value is -1.66. The highest BCUT2D eigenvalue weighted by Gasteiger charge is 2.19. The molecule has 0 aliphatic carbocycles. The van der Waals surface area contributed by atoms with Crippen molar-refractivity contribution in [1.82, 2.24) is 24.3 Å². The monoisotopic (exact) mass is 289 g/mol. The summed E-state index contributed by atoms with van der Waals surface area (Å²) in [6, 6.07) is 0. The molecule has 0 unspecified atom stereocenters. The van der Waals surface area contributed by atoms with E-state index in [2.05, 4.69) is 24.3 Å². The Morgan fingerprint density at radius 1 is 1.10 bits per heavy atom. The van der Waals surface area contributed by atoms with Crippen LogP contribution < -0.4 is 0 Å². The predicted octanol–water partition coefficient (Wildman–Crippen LogP) is 1.34. The van der Waals surface area contributed by atoms with Crippen molar-refractivity contribution in [2.75, 3.05) is 26.2 Å². The van der Waals surface area contributed by atoms with Gasteiger partial charge in [-0.3, -0.25) is 9.80 Å². The van der Waals surface area contributed by atoms with E-state index in [1.54, 1.807) is 0 Å². The van der Waals surface area contributed by atoms with Gasteiger partial charge in [-0.2, -0.15) is 0 Å². The summed E-state index contributed by atoms with van der Waals surface area (Å²) in [5, 5.41) is 0. The second kappa shape index (κ2) is 5.99. The SMILES string of the molecule is Cc1nc(CN2CCN(Cc3cncn3C)CC2)oc1C. The maximum Gasteiger partial charge on any atom is 0.208 e. The number of imidazole rings is 1. The molecule has 2 aromatic rings. The summed E-state index contributed by atoms with van der Waals surface area (Å²) in [6.45, 7) is 10.0. The van der Waals surface area contributed by atoms with Gasteiger partial charge in [0, 0.05) is 46.0 Å². The molecule has 1 fully saturated rings. The average Bonchev–Trinajstić information content (AvgIpc) is 2.99. The molecule has 0 spiro atoms. The Kier molecular flexibility index (Phi) is 4.07. The highest BCUT2D eigenvalue weighted by atomic mass is 16.4. The van der Waals surface area contributed by atoms with E-state index in [1.165, 1.54) is 5.69 Å². The number of aromatic nitrogens is 3. The fourth-order valence-corrected chi connectivity index (χ4v) is 2.67. The molecule has 0 atom stereocenters. The molecule has 21 heavy (non-hydrogen) atoms. The van der Waals surface area contributed by atoms with Crippen LogP contribution >= 0.6 is 0 Å². The Labute approximate surface area is 125 Å². The fraction of sp³-hybridized carbons (Fsp3) is 0.600. The summed E-state index contributed by atoms with van der Waals surface area (Å²) >= 11 is 0. The summed E-state index contributed by atoms with van der Waals surface area (Å²) in [7, 11) is 2.05. The molecule has 0 amide bonds. The second-order valence-electron chi connectivity index (χ2n) is 5.80. The van der Waals surface area contributed by atoms with Gasteiger partial charge in [0.2, 0.25) is 5.89 Å². The third kappa shape index (κ3) is 3.33. The van der Waals surface area contributed by atoms with Crippen molar-refractivity contribution in [1.29, 1.82) is 0 Å². The minimum Gasteiger partial charge on any atom is -0.444 e. The molecule has 1 aliphatic heterocycles. The molecule has 0 radical (unpaired) electrons. The van der Waals surface area contributed by atoms with Crippen LogP contribution in [0.2, 0.25) is 0 Å². The van der Waals surface area contributed by atoms with Gasteiger partial charge in [0.25, 0.3) is 0 Å². The molecule has 114 valence electrons. The molecular formula is C15H23N5O. The highest BCUT2D eigenvalue weighted by Crippen LogP contribution is 2.13. The van der Waals surface area contributed by atoms with Gasteiger partial charge in [-0.15, -0.1) is 0 Å². The van der Waals surface area contributed by atoms with Crippen molar-refractivity contribution in [2.45, 2.75) is 26.9 Å². The maximum atomic E-state index is 5.67. The number of hydrogen-bond donors (Lipinski definition) is 0.